The first-order valence-corrected chi connectivity index (χ1v) is 4.46. The van der Waals surface area contributed by atoms with Crippen LogP contribution in [0, 0.1) is 0 Å². The molecule has 0 aliphatic carbocycles. The van der Waals surface area contributed by atoms with E-state index in [1.165, 1.54) is 0 Å². The number of fused-ring (bicyclic) bond motifs is 1. The summed E-state index contributed by atoms with van der Waals surface area (Å²) in [6.07, 6.45) is -0.0475. The first kappa shape index (κ1) is 11.4. The lowest BCUT2D eigenvalue weighted by Gasteiger charge is -2.25. The molecule has 0 amide bonds. The molecule has 3 nitrogen and oxygen atoms in total. The van der Waals surface area contributed by atoms with E-state index in [1.807, 2.05) is 0 Å². The van der Waals surface area contributed by atoms with E-state index in [2.05, 4.69) is 0 Å². The van der Waals surface area contributed by atoms with Crippen molar-refractivity contribution in [2.75, 3.05) is 13.2 Å². The SMILES string of the molecule is Cl.NC[C@H]1COc2cc(Cl)ccc2O1. The van der Waals surface area contributed by atoms with Gasteiger partial charge >= 0.3 is 0 Å². The fraction of sp³-hybridized carbons (Fsp3) is 0.333. The molecule has 78 valence electrons. The van der Waals surface area contributed by atoms with Crippen LogP contribution in [0.3, 0.4) is 0 Å². The first-order valence-electron chi connectivity index (χ1n) is 4.08. The van der Waals surface area contributed by atoms with Crippen molar-refractivity contribution in [1.82, 2.24) is 0 Å². The number of benzene rings is 1. The zero-order valence-corrected chi connectivity index (χ0v) is 8.98. The van der Waals surface area contributed by atoms with Gasteiger partial charge in [0.05, 0.1) is 0 Å². The molecule has 1 atom stereocenters. The van der Waals surface area contributed by atoms with Crippen molar-refractivity contribution in [3.8, 4) is 11.5 Å². The van der Waals surface area contributed by atoms with Crippen LogP contribution in [0.2, 0.25) is 5.02 Å². The maximum Gasteiger partial charge on any atom is 0.162 e. The highest BCUT2D eigenvalue weighted by Crippen LogP contribution is 2.33. The third kappa shape index (κ3) is 2.23. The lowest BCUT2D eigenvalue weighted by atomic mass is 10.2. The summed E-state index contributed by atoms with van der Waals surface area (Å²) >= 11 is 5.79. The Morgan fingerprint density at radius 2 is 2.21 bits per heavy atom. The fourth-order valence-corrected chi connectivity index (χ4v) is 1.37. The molecule has 0 saturated carbocycles. The molecule has 1 aliphatic heterocycles. The number of hydrogen-bond donors (Lipinski definition) is 1. The van der Waals surface area contributed by atoms with Crippen LogP contribution in [0.15, 0.2) is 18.2 Å². The minimum Gasteiger partial charge on any atom is -0.486 e. The highest BCUT2D eigenvalue weighted by molar-refractivity contribution is 6.30. The van der Waals surface area contributed by atoms with Crippen molar-refractivity contribution < 1.29 is 9.47 Å². The summed E-state index contributed by atoms with van der Waals surface area (Å²) in [4.78, 5) is 0. The molecule has 1 heterocycles. The van der Waals surface area contributed by atoms with E-state index >= 15 is 0 Å². The molecule has 0 saturated heterocycles. The van der Waals surface area contributed by atoms with Gasteiger partial charge in [0, 0.05) is 17.6 Å². The van der Waals surface area contributed by atoms with Gasteiger partial charge in [-0.15, -0.1) is 12.4 Å². The van der Waals surface area contributed by atoms with E-state index in [9.17, 15) is 0 Å². The van der Waals surface area contributed by atoms with Crippen molar-refractivity contribution in [2.45, 2.75) is 6.10 Å². The minimum absolute atomic E-state index is 0. The molecular formula is C9H11Cl2NO2. The standard InChI is InChI=1S/C9H10ClNO2.ClH/c10-6-1-2-8-9(3-6)12-5-7(4-11)13-8;/h1-3,7H,4-5,11H2;1H/t7-;/m0./s1. The van der Waals surface area contributed by atoms with E-state index in [1.54, 1.807) is 18.2 Å². The molecule has 2 rings (SSSR count). The van der Waals surface area contributed by atoms with Crippen LogP contribution in [0.5, 0.6) is 11.5 Å². The fourth-order valence-electron chi connectivity index (χ4n) is 1.20. The Labute approximate surface area is 93.5 Å². The molecule has 5 heteroatoms. The molecule has 1 aromatic rings. The molecule has 0 bridgehead atoms. The van der Waals surface area contributed by atoms with E-state index in [4.69, 9.17) is 26.8 Å². The maximum absolute atomic E-state index is 5.79. The monoisotopic (exact) mass is 235 g/mol. The van der Waals surface area contributed by atoms with Crippen LogP contribution in [-0.4, -0.2) is 19.3 Å². The quantitative estimate of drug-likeness (QED) is 0.809. The van der Waals surface area contributed by atoms with Crippen molar-refractivity contribution in [3.63, 3.8) is 0 Å². The van der Waals surface area contributed by atoms with E-state index in [-0.39, 0.29) is 18.5 Å². The highest BCUT2D eigenvalue weighted by Gasteiger charge is 2.19. The van der Waals surface area contributed by atoms with Crippen LogP contribution in [0.4, 0.5) is 0 Å². The van der Waals surface area contributed by atoms with Gasteiger partial charge in [0.15, 0.2) is 11.5 Å². The van der Waals surface area contributed by atoms with Gasteiger partial charge in [0.1, 0.15) is 12.7 Å². The lowest BCUT2D eigenvalue weighted by molar-refractivity contribution is 0.0969. The van der Waals surface area contributed by atoms with Crippen LogP contribution in [-0.2, 0) is 0 Å². The summed E-state index contributed by atoms with van der Waals surface area (Å²) in [5, 5.41) is 0.647. The van der Waals surface area contributed by atoms with Gasteiger partial charge in [-0.25, -0.2) is 0 Å². The predicted molar refractivity (Wildman–Crippen MR) is 57.7 cm³/mol. The van der Waals surface area contributed by atoms with Crippen molar-refractivity contribution in [3.05, 3.63) is 23.2 Å². The van der Waals surface area contributed by atoms with Crippen molar-refractivity contribution in [2.24, 2.45) is 5.73 Å². The zero-order valence-electron chi connectivity index (χ0n) is 7.40. The lowest BCUT2D eigenvalue weighted by Crippen LogP contribution is -2.35. The van der Waals surface area contributed by atoms with Crippen LogP contribution < -0.4 is 15.2 Å². The zero-order chi connectivity index (χ0) is 9.26. The predicted octanol–water partition coefficient (Wildman–Crippen LogP) is 1.86. The summed E-state index contributed by atoms with van der Waals surface area (Å²) in [7, 11) is 0. The van der Waals surface area contributed by atoms with Gasteiger partial charge in [-0.2, -0.15) is 0 Å². The van der Waals surface area contributed by atoms with Crippen LogP contribution >= 0.6 is 24.0 Å². The summed E-state index contributed by atoms with van der Waals surface area (Å²) in [5.74, 6) is 1.41. The van der Waals surface area contributed by atoms with Crippen molar-refractivity contribution in [1.29, 1.82) is 0 Å². The van der Waals surface area contributed by atoms with Crippen LogP contribution in [0.1, 0.15) is 0 Å². The third-order valence-electron chi connectivity index (χ3n) is 1.89. The Hall–Kier alpha value is -0.640. The average molecular weight is 236 g/mol. The van der Waals surface area contributed by atoms with Gasteiger partial charge in [0.25, 0.3) is 0 Å². The van der Waals surface area contributed by atoms with Crippen molar-refractivity contribution >= 4 is 24.0 Å². The summed E-state index contributed by atoms with van der Waals surface area (Å²) < 4.78 is 10.9. The molecule has 0 aromatic heterocycles. The van der Waals surface area contributed by atoms with Gasteiger partial charge in [-0.1, -0.05) is 11.6 Å². The largest absolute Gasteiger partial charge is 0.486 e. The minimum atomic E-state index is -0.0475. The number of nitrogens with two attached hydrogens (primary N) is 1. The molecule has 1 aliphatic rings. The maximum atomic E-state index is 5.79. The van der Waals surface area contributed by atoms with Gasteiger partial charge in [0.2, 0.25) is 0 Å². The molecule has 0 spiro atoms. The Balaban J connectivity index is 0.000000980. The Morgan fingerprint density at radius 3 is 2.93 bits per heavy atom. The highest BCUT2D eigenvalue weighted by atomic mass is 35.5. The van der Waals surface area contributed by atoms with Gasteiger partial charge in [-0.05, 0) is 12.1 Å². The molecular weight excluding hydrogens is 225 g/mol. The van der Waals surface area contributed by atoms with Crippen LogP contribution in [0.25, 0.3) is 0 Å². The molecule has 0 radical (unpaired) electrons. The second kappa shape index (κ2) is 4.73. The number of ether oxygens (including phenoxy) is 2. The molecule has 14 heavy (non-hydrogen) atoms. The molecule has 2 N–H and O–H groups in total. The molecule has 1 aromatic carbocycles. The topological polar surface area (TPSA) is 44.5 Å². The van der Waals surface area contributed by atoms with E-state index in [0.29, 0.717) is 29.7 Å². The average Bonchev–Trinajstić information content (AvgIpc) is 2.17. The van der Waals surface area contributed by atoms with Gasteiger partial charge in [-0.3, -0.25) is 0 Å². The molecule has 0 fully saturated rings. The summed E-state index contributed by atoms with van der Waals surface area (Å²) in [5.41, 5.74) is 5.46. The Bertz CT molecular complexity index is 320. The number of hydrogen-bond acceptors (Lipinski definition) is 3. The van der Waals surface area contributed by atoms with Gasteiger partial charge < -0.3 is 15.2 Å². The Morgan fingerprint density at radius 1 is 1.43 bits per heavy atom. The molecule has 0 unspecified atom stereocenters. The second-order valence-electron chi connectivity index (χ2n) is 2.88. The smallest absolute Gasteiger partial charge is 0.162 e. The normalized spacial score (nSPS) is 18.6. The van der Waals surface area contributed by atoms with E-state index < -0.39 is 0 Å². The summed E-state index contributed by atoms with van der Waals surface area (Å²) in [6, 6.07) is 5.30. The van der Waals surface area contributed by atoms with E-state index in [0.717, 1.165) is 0 Å². The second-order valence-corrected chi connectivity index (χ2v) is 3.31. The first-order chi connectivity index (χ1) is 6.29. The third-order valence-corrected chi connectivity index (χ3v) is 2.12. The summed E-state index contributed by atoms with van der Waals surface area (Å²) in [6.45, 7) is 0.950. The Kier molecular flexibility index (Phi) is 3.86. The number of rotatable bonds is 1. The number of halogens is 2.